The van der Waals surface area contributed by atoms with Gasteiger partial charge in [-0.2, -0.15) is 4.72 Å². The highest BCUT2D eigenvalue weighted by Gasteiger charge is 2.23. The van der Waals surface area contributed by atoms with Crippen molar-refractivity contribution in [1.82, 2.24) is 4.72 Å². The number of halogens is 2. The molecular weight excluding hydrogens is 338 g/mol. The van der Waals surface area contributed by atoms with Crippen molar-refractivity contribution in [1.29, 1.82) is 0 Å². The molecule has 0 spiro atoms. The summed E-state index contributed by atoms with van der Waals surface area (Å²) in [5.74, 6) is -2.77. The molecule has 1 amide bonds. The van der Waals surface area contributed by atoms with Crippen LogP contribution in [0.4, 0.5) is 14.5 Å². The van der Waals surface area contributed by atoms with Gasteiger partial charge in [-0.1, -0.05) is 23.8 Å². The second-order valence-corrected chi connectivity index (χ2v) is 6.96. The van der Waals surface area contributed by atoms with E-state index in [4.69, 9.17) is 0 Å². The number of benzene rings is 2. The Hall–Kier alpha value is -2.32. The van der Waals surface area contributed by atoms with E-state index in [9.17, 15) is 22.0 Å². The maximum atomic E-state index is 13.5. The van der Waals surface area contributed by atoms with Crippen molar-refractivity contribution < 1.29 is 22.0 Å². The van der Waals surface area contributed by atoms with Crippen molar-refractivity contribution in [2.45, 2.75) is 24.8 Å². The smallest absolute Gasteiger partial charge is 0.242 e. The third kappa shape index (κ3) is 4.15. The summed E-state index contributed by atoms with van der Waals surface area (Å²) in [7, 11) is -3.93. The average Bonchev–Trinajstić information content (AvgIpc) is 2.51. The largest absolute Gasteiger partial charge is 0.320 e. The zero-order valence-corrected chi connectivity index (χ0v) is 13.8. The van der Waals surface area contributed by atoms with E-state index in [0.29, 0.717) is 0 Å². The number of nitrogens with one attached hydrogen (secondary N) is 2. The van der Waals surface area contributed by atoms with Gasteiger partial charge in [0.15, 0.2) is 0 Å². The number of hydrogen-bond donors (Lipinski definition) is 2. The zero-order chi connectivity index (χ0) is 17.9. The van der Waals surface area contributed by atoms with Gasteiger partial charge in [-0.3, -0.25) is 4.79 Å². The molecule has 2 rings (SSSR count). The topological polar surface area (TPSA) is 75.3 Å². The summed E-state index contributed by atoms with van der Waals surface area (Å²) in [5, 5.41) is 2.05. The van der Waals surface area contributed by atoms with Crippen LogP contribution in [-0.2, 0) is 14.8 Å². The fourth-order valence-electron chi connectivity index (χ4n) is 1.92. The summed E-state index contributed by atoms with van der Waals surface area (Å²) in [6.45, 7) is 3.09. The van der Waals surface area contributed by atoms with Crippen molar-refractivity contribution in [3.63, 3.8) is 0 Å². The number of amides is 1. The molecule has 24 heavy (non-hydrogen) atoms. The van der Waals surface area contributed by atoms with E-state index in [1.54, 1.807) is 12.1 Å². The Bertz CT molecular complexity index is 832. The van der Waals surface area contributed by atoms with Crippen molar-refractivity contribution in [2.24, 2.45) is 0 Å². The van der Waals surface area contributed by atoms with E-state index in [1.807, 2.05) is 12.2 Å². The minimum Gasteiger partial charge on any atom is -0.320 e. The molecule has 0 fully saturated rings. The number of rotatable bonds is 5. The van der Waals surface area contributed by atoms with Crippen LogP contribution in [0.25, 0.3) is 0 Å². The standard InChI is InChI=1S/C16H16F2N2O3S/c1-10-6-8-12(9-7-10)24(22,23)20-11(2)16(21)19-15-13(17)4-3-5-14(15)18/h3-9,11,20H,1-2H3,(H,19,21)/t11-/m0/s1. The van der Waals surface area contributed by atoms with Gasteiger partial charge in [0.25, 0.3) is 0 Å². The number of anilines is 1. The highest BCUT2D eigenvalue weighted by molar-refractivity contribution is 7.89. The van der Waals surface area contributed by atoms with E-state index >= 15 is 0 Å². The van der Waals surface area contributed by atoms with Crippen molar-refractivity contribution in [2.75, 3.05) is 5.32 Å². The normalized spacial score (nSPS) is 12.7. The number of carbonyl (C=O) groups is 1. The van der Waals surface area contributed by atoms with Crippen LogP contribution < -0.4 is 10.0 Å². The number of para-hydroxylation sites is 1. The summed E-state index contributed by atoms with van der Waals surface area (Å²) in [5.41, 5.74) is 0.263. The molecule has 1 atom stereocenters. The summed E-state index contributed by atoms with van der Waals surface area (Å²) < 4.78 is 53.6. The molecule has 128 valence electrons. The summed E-state index contributed by atoms with van der Waals surface area (Å²) >= 11 is 0. The lowest BCUT2D eigenvalue weighted by Crippen LogP contribution is -2.41. The minimum absolute atomic E-state index is 0.00942. The monoisotopic (exact) mass is 354 g/mol. The fraction of sp³-hybridized carbons (Fsp3) is 0.188. The van der Waals surface area contributed by atoms with Gasteiger partial charge >= 0.3 is 0 Å². The molecule has 0 heterocycles. The van der Waals surface area contributed by atoms with Crippen LogP contribution in [0.2, 0.25) is 0 Å². The van der Waals surface area contributed by atoms with Gasteiger partial charge < -0.3 is 5.32 Å². The maximum Gasteiger partial charge on any atom is 0.242 e. The van der Waals surface area contributed by atoms with Crippen molar-refractivity contribution in [3.8, 4) is 0 Å². The zero-order valence-electron chi connectivity index (χ0n) is 13.0. The SMILES string of the molecule is Cc1ccc(S(=O)(=O)N[C@@H](C)C(=O)Nc2c(F)cccc2F)cc1. The van der Waals surface area contributed by atoms with E-state index in [1.165, 1.54) is 19.1 Å². The molecule has 0 aromatic heterocycles. The number of hydrogen-bond acceptors (Lipinski definition) is 3. The Morgan fingerprint density at radius 1 is 1.04 bits per heavy atom. The first-order chi connectivity index (χ1) is 11.2. The van der Waals surface area contributed by atoms with Gasteiger partial charge in [0.1, 0.15) is 17.3 Å². The lowest BCUT2D eigenvalue weighted by atomic mass is 10.2. The molecule has 8 heteroatoms. The Morgan fingerprint density at radius 2 is 1.58 bits per heavy atom. The van der Waals surface area contributed by atoms with Crippen LogP contribution in [-0.4, -0.2) is 20.4 Å². The first-order valence-corrected chi connectivity index (χ1v) is 8.53. The maximum absolute atomic E-state index is 13.5. The van der Waals surface area contributed by atoms with Crippen LogP contribution >= 0.6 is 0 Å². The van der Waals surface area contributed by atoms with Gasteiger partial charge in [-0.25, -0.2) is 17.2 Å². The molecule has 0 saturated carbocycles. The lowest BCUT2D eigenvalue weighted by Gasteiger charge is -2.15. The molecular formula is C16H16F2N2O3S. The van der Waals surface area contributed by atoms with Crippen molar-refractivity contribution in [3.05, 3.63) is 59.7 Å². The first kappa shape index (κ1) is 18.0. The molecule has 2 N–H and O–H groups in total. The Morgan fingerprint density at radius 3 is 2.12 bits per heavy atom. The third-order valence-corrected chi connectivity index (χ3v) is 4.82. The quantitative estimate of drug-likeness (QED) is 0.867. The Kier molecular flexibility index (Phi) is 5.30. The van der Waals surface area contributed by atoms with Crippen LogP contribution in [0, 0.1) is 18.6 Å². The number of aryl methyl sites for hydroxylation is 1. The fourth-order valence-corrected chi connectivity index (χ4v) is 3.12. The molecule has 2 aromatic rings. The minimum atomic E-state index is -3.93. The summed E-state index contributed by atoms with van der Waals surface area (Å²) in [6.07, 6.45) is 0. The van der Waals surface area contributed by atoms with Gasteiger partial charge in [-0.05, 0) is 38.1 Å². The van der Waals surface area contributed by atoms with Crippen LogP contribution in [0.5, 0.6) is 0 Å². The van der Waals surface area contributed by atoms with E-state index in [2.05, 4.69) is 4.72 Å². The predicted octanol–water partition coefficient (Wildman–Crippen LogP) is 2.58. The van der Waals surface area contributed by atoms with Crippen LogP contribution in [0.3, 0.4) is 0 Å². The molecule has 0 saturated heterocycles. The first-order valence-electron chi connectivity index (χ1n) is 7.04. The van der Waals surface area contributed by atoms with Gasteiger partial charge in [0.05, 0.1) is 10.9 Å². The average molecular weight is 354 g/mol. The third-order valence-electron chi connectivity index (χ3n) is 3.27. The lowest BCUT2D eigenvalue weighted by molar-refractivity contribution is -0.117. The summed E-state index contributed by atoms with van der Waals surface area (Å²) in [4.78, 5) is 12.0. The molecule has 0 aliphatic carbocycles. The number of carbonyl (C=O) groups excluding carboxylic acids is 1. The van der Waals surface area contributed by atoms with Crippen LogP contribution in [0.15, 0.2) is 47.4 Å². The molecule has 0 radical (unpaired) electrons. The van der Waals surface area contributed by atoms with Crippen LogP contribution in [0.1, 0.15) is 12.5 Å². The van der Waals surface area contributed by atoms with E-state index in [-0.39, 0.29) is 4.90 Å². The molecule has 5 nitrogen and oxygen atoms in total. The van der Waals surface area contributed by atoms with E-state index in [0.717, 1.165) is 23.8 Å². The number of sulfonamides is 1. The van der Waals surface area contributed by atoms with Gasteiger partial charge in [-0.15, -0.1) is 0 Å². The Labute approximate surface area is 138 Å². The van der Waals surface area contributed by atoms with E-state index < -0.39 is 39.3 Å². The second kappa shape index (κ2) is 7.06. The predicted molar refractivity (Wildman–Crippen MR) is 86.0 cm³/mol. The molecule has 0 aliphatic heterocycles. The second-order valence-electron chi connectivity index (χ2n) is 5.24. The molecule has 2 aromatic carbocycles. The van der Waals surface area contributed by atoms with Crippen molar-refractivity contribution >= 4 is 21.6 Å². The van der Waals surface area contributed by atoms with Gasteiger partial charge in [0, 0.05) is 0 Å². The Balaban J connectivity index is 2.12. The highest BCUT2D eigenvalue weighted by Crippen LogP contribution is 2.18. The summed E-state index contributed by atoms with van der Waals surface area (Å²) in [6, 6.07) is 7.94. The molecule has 0 aliphatic rings. The van der Waals surface area contributed by atoms with Gasteiger partial charge in [0.2, 0.25) is 15.9 Å². The molecule has 0 bridgehead atoms. The molecule has 0 unspecified atom stereocenters. The highest BCUT2D eigenvalue weighted by atomic mass is 32.2.